The molecule has 0 radical (unpaired) electrons. The van der Waals surface area contributed by atoms with Gasteiger partial charge in [-0.2, -0.15) is 0 Å². The third-order valence-electron chi connectivity index (χ3n) is 2.81. The Morgan fingerprint density at radius 1 is 1.38 bits per heavy atom. The van der Waals surface area contributed by atoms with Gasteiger partial charge < -0.3 is 15.0 Å². The Bertz CT molecular complexity index is 500. The SMILES string of the molecule is CNCc1cc2c(O)cccc2n1C(C)C. The van der Waals surface area contributed by atoms with E-state index in [1.54, 1.807) is 6.07 Å². The average Bonchev–Trinajstić information content (AvgIpc) is 2.58. The lowest BCUT2D eigenvalue weighted by Crippen LogP contribution is -2.12. The molecule has 0 aliphatic rings. The van der Waals surface area contributed by atoms with E-state index >= 15 is 0 Å². The molecule has 2 rings (SSSR count). The van der Waals surface area contributed by atoms with Gasteiger partial charge in [-0.05, 0) is 39.1 Å². The standard InChI is InChI=1S/C13H18N2O/c1-9(2)15-10(8-14-3)7-11-12(15)5-4-6-13(11)16/h4-7,9,14,16H,8H2,1-3H3. The van der Waals surface area contributed by atoms with E-state index in [1.807, 2.05) is 19.2 Å². The summed E-state index contributed by atoms with van der Waals surface area (Å²) in [6, 6.07) is 8.12. The van der Waals surface area contributed by atoms with Crippen molar-refractivity contribution in [1.82, 2.24) is 9.88 Å². The van der Waals surface area contributed by atoms with E-state index in [0.717, 1.165) is 17.4 Å². The summed E-state index contributed by atoms with van der Waals surface area (Å²) in [6.07, 6.45) is 0. The largest absolute Gasteiger partial charge is 0.507 e. The predicted octanol–water partition coefficient (Wildman–Crippen LogP) is 2.65. The highest BCUT2D eigenvalue weighted by Gasteiger charge is 2.12. The lowest BCUT2D eigenvalue weighted by atomic mass is 10.2. The molecule has 16 heavy (non-hydrogen) atoms. The molecule has 0 aliphatic heterocycles. The van der Waals surface area contributed by atoms with Crippen LogP contribution in [0.4, 0.5) is 0 Å². The first-order chi connectivity index (χ1) is 7.65. The highest BCUT2D eigenvalue weighted by Crippen LogP contribution is 2.30. The first-order valence-electron chi connectivity index (χ1n) is 5.61. The van der Waals surface area contributed by atoms with Gasteiger partial charge in [0.1, 0.15) is 5.75 Å². The molecule has 86 valence electrons. The number of rotatable bonds is 3. The molecule has 1 aromatic heterocycles. The van der Waals surface area contributed by atoms with E-state index in [1.165, 1.54) is 5.69 Å². The van der Waals surface area contributed by atoms with Crippen LogP contribution in [-0.4, -0.2) is 16.7 Å². The lowest BCUT2D eigenvalue weighted by molar-refractivity contribution is 0.481. The fourth-order valence-corrected chi connectivity index (χ4v) is 2.22. The molecule has 1 aromatic carbocycles. The van der Waals surface area contributed by atoms with Crippen LogP contribution < -0.4 is 5.32 Å². The average molecular weight is 218 g/mol. The second-order valence-electron chi connectivity index (χ2n) is 4.34. The Kier molecular flexibility index (Phi) is 2.88. The smallest absolute Gasteiger partial charge is 0.124 e. The van der Waals surface area contributed by atoms with E-state index in [2.05, 4.69) is 29.8 Å². The Hall–Kier alpha value is -1.48. The third kappa shape index (κ3) is 1.67. The highest BCUT2D eigenvalue weighted by atomic mass is 16.3. The van der Waals surface area contributed by atoms with Gasteiger partial charge >= 0.3 is 0 Å². The summed E-state index contributed by atoms with van der Waals surface area (Å²) in [5, 5.41) is 13.9. The molecular formula is C13H18N2O. The van der Waals surface area contributed by atoms with Crippen molar-refractivity contribution in [3.05, 3.63) is 30.0 Å². The topological polar surface area (TPSA) is 37.2 Å². The summed E-state index contributed by atoms with van der Waals surface area (Å²) in [5.41, 5.74) is 2.30. The molecular weight excluding hydrogens is 200 g/mol. The maximum Gasteiger partial charge on any atom is 0.124 e. The van der Waals surface area contributed by atoms with E-state index in [-0.39, 0.29) is 0 Å². The molecule has 0 saturated carbocycles. The zero-order valence-electron chi connectivity index (χ0n) is 9.99. The predicted molar refractivity (Wildman–Crippen MR) is 66.8 cm³/mol. The van der Waals surface area contributed by atoms with Crippen molar-refractivity contribution in [2.45, 2.75) is 26.4 Å². The van der Waals surface area contributed by atoms with Crippen LogP contribution in [0.3, 0.4) is 0 Å². The fourth-order valence-electron chi connectivity index (χ4n) is 2.22. The number of aromatic nitrogens is 1. The van der Waals surface area contributed by atoms with Crippen LogP contribution in [0.2, 0.25) is 0 Å². The molecule has 0 amide bonds. The molecule has 0 unspecified atom stereocenters. The summed E-state index contributed by atoms with van der Waals surface area (Å²) in [4.78, 5) is 0. The van der Waals surface area contributed by atoms with E-state index in [4.69, 9.17) is 0 Å². The van der Waals surface area contributed by atoms with Gasteiger partial charge in [0.25, 0.3) is 0 Å². The van der Waals surface area contributed by atoms with Gasteiger partial charge in [0.05, 0.1) is 5.52 Å². The van der Waals surface area contributed by atoms with Crippen LogP contribution in [0.5, 0.6) is 5.75 Å². The van der Waals surface area contributed by atoms with Crippen LogP contribution in [0.1, 0.15) is 25.6 Å². The van der Waals surface area contributed by atoms with Crippen molar-refractivity contribution in [2.24, 2.45) is 0 Å². The summed E-state index contributed by atoms with van der Waals surface area (Å²) >= 11 is 0. The number of hydrogen-bond donors (Lipinski definition) is 2. The fraction of sp³-hybridized carbons (Fsp3) is 0.385. The molecule has 0 saturated heterocycles. The summed E-state index contributed by atoms with van der Waals surface area (Å²) in [7, 11) is 1.93. The van der Waals surface area contributed by atoms with Gasteiger partial charge in [-0.3, -0.25) is 0 Å². The minimum absolute atomic E-state index is 0.356. The van der Waals surface area contributed by atoms with Crippen LogP contribution >= 0.6 is 0 Å². The zero-order valence-corrected chi connectivity index (χ0v) is 9.99. The Morgan fingerprint density at radius 2 is 2.12 bits per heavy atom. The summed E-state index contributed by atoms with van der Waals surface area (Å²) in [6.45, 7) is 5.12. The number of fused-ring (bicyclic) bond motifs is 1. The number of aromatic hydroxyl groups is 1. The van der Waals surface area contributed by atoms with Gasteiger partial charge in [0.15, 0.2) is 0 Å². The Labute approximate surface area is 95.7 Å². The summed E-state index contributed by atoms with van der Waals surface area (Å²) in [5.74, 6) is 0.356. The first kappa shape index (κ1) is 11.0. The van der Waals surface area contributed by atoms with E-state index in [9.17, 15) is 5.11 Å². The van der Waals surface area contributed by atoms with Crippen LogP contribution in [0, 0.1) is 0 Å². The third-order valence-corrected chi connectivity index (χ3v) is 2.81. The van der Waals surface area contributed by atoms with Crippen molar-refractivity contribution < 1.29 is 5.11 Å². The maximum absolute atomic E-state index is 9.83. The highest BCUT2D eigenvalue weighted by molar-refractivity contribution is 5.87. The molecule has 0 bridgehead atoms. The number of nitrogens with zero attached hydrogens (tertiary/aromatic N) is 1. The Morgan fingerprint density at radius 3 is 2.75 bits per heavy atom. The monoisotopic (exact) mass is 218 g/mol. The number of hydrogen-bond acceptors (Lipinski definition) is 2. The quantitative estimate of drug-likeness (QED) is 0.831. The number of nitrogens with one attached hydrogen (secondary N) is 1. The maximum atomic E-state index is 9.83. The van der Waals surface area contributed by atoms with Gasteiger partial charge in [-0.25, -0.2) is 0 Å². The van der Waals surface area contributed by atoms with Crippen molar-refractivity contribution in [2.75, 3.05) is 7.05 Å². The second-order valence-corrected chi connectivity index (χ2v) is 4.34. The molecule has 3 heteroatoms. The second kappa shape index (κ2) is 4.18. The van der Waals surface area contributed by atoms with Gasteiger partial charge in [-0.1, -0.05) is 6.07 Å². The van der Waals surface area contributed by atoms with Crippen LogP contribution in [0.15, 0.2) is 24.3 Å². The molecule has 0 atom stereocenters. The van der Waals surface area contributed by atoms with Crippen molar-refractivity contribution in [3.63, 3.8) is 0 Å². The lowest BCUT2D eigenvalue weighted by Gasteiger charge is -2.14. The number of phenolic OH excluding ortho intramolecular Hbond substituents is 1. The molecule has 0 fully saturated rings. The van der Waals surface area contributed by atoms with E-state index < -0.39 is 0 Å². The van der Waals surface area contributed by atoms with Crippen LogP contribution in [0.25, 0.3) is 10.9 Å². The molecule has 0 spiro atoms. The van der Waals surface area contributed by atoms with Crippen LogP contribution in [-0.2, 0) is 6.54 Å². The number of phenols is 1. The van der Waals surface area contributed by atoms with Crippen molar-refractivity contribution in [3.8, 4) is 5.75 Å². The number of benzene rings is 1. The van der Waals surface area contributed by atoms with Gasteiger partial charge in [0.2, 0.25) is 0 Å². The summed E-state index contributed by atoms with van der Waals surface area (Å²) < 4.78 is 2.26. The van der Waals surface area contributed by atoms with E-state index in [0.29, 0.717) is 11.8 Å². The molecule has 0 aliphatic carbocycles. The molecule has 2 aromatic rings. The van der Waals surface area contributed by atoms with Gasteiger partial charge in [-0.15, -0.1) is 0 Å². The molecule has 1 heterocycles. The minimum atomic E-state index is 0.356. The zero-order chi connectivity index (χ0) is 11.7. The first-order valence-corrected chi connectivity index (χ1v) is 5.61. The normalized spacial score (nSPS) is 11.5. The molecule has 3 nitrogen and oxygen atoms in total. The molecule has 2 N–H and O–H groups in total. The van der Waals surface area contributed by atoms with Crippen molar-refractivity contribution >= 4 is 10.9 Å². The van der Waals surface area contributed by atoms with Crippen molar-refractivity contribution in [1.29, 1.82) is 0 Å². The minimum Gasteiger partial charge on any atom is -0.507 e. The Balaban J connectivity index is 2.70. The van der Waals surface area contributed by atoms with Gasteiger partial charge in [0, 0.05) is 23.7 Å².